The maximum absolute atomic E-state index is 15.3. The third-order valence-corrected chi connectivity index (χ3v) is 6.24. The Morgan fingerprint density at radius 2 is 1.77 bits per heavy atom. The van der Waals surface area contributed by atoms with Crippen LogP contribution in [-0.4, -0.2) is 44.1 Å². The first-order chi connectivity index (χ1) is 12.2. The van der Waals surface area contributed by atoms with Gasteiger partial charge in [-0.15, -0.1) is 0 Å². The smallest absolute Gasteiger partial charge is 0.399 e. The number of hydrogen-bond donors (Lipinski definition) is 0. The van der Waals surface area contributed by atoms with Crippen LogP contribution in [0.25, 0.3) is 0 Å². The van der Waals surface area contributed by atoms with E-state index in [0.717, 1.165) is 37.2 Å². The van der Waals surface area contributed by atoms with Crippen molar-refractivity contribution < 1.29 is 18.4 Å². The van der Waals surface area contributed by atoms with Crippen LogP contribution in [0.3, 0.4) is 0 Å². The summed E-state index contributed by atoms with van der Waals surface area (Å²) in [6.45, 7) is 12.4. The lowest BCUT2D eigenvalue weighted by atomic mass is 9.77. The highest BCUT2D eigenvalue weighted by molar-refractivity contribution is 6.62. The van der Waals surface area contributed by atoms with E-state index in [0.29, 0.717) is 18.0 Å². The Bertz CT molecular complexity index is 689. The molecule has 3 aliphatic rings. The van der Waals surface area contributed by atoms with Crippen LogP contribution in [0, 0.1) is 5.82 Å². The van der Waals surface area contributed by atoms with Gasteiger partial charge in [-0.1, -0.05) is 0 Å². The number of benzene rings is 1. The highest BCUT2D eigenvalue weighted by Crippen LogP contribution is 2.43. The van der Waals surface area contributed by atoms with E-state index in [-0.39, 0.29) is 11.9 Å². The molecule has 6 heteroatoms. The molecule has 0 radical (unpaired) electrons. The van der Waals surface area contributed by atoms with Gasteiger partial charge in [-0.3, -0.25) is 0 Å². The highest BCUT2D eigenvalue weighted by Gasteiger charge is 2.53. The number of rotatable bonds is 3. The van der Waals surface area contributed by atoms with Crippen LogP contribution in [-0.2, 0) is 14.0 Å². The molecule has 3 fully saturated rings. The molecule has 26 heavy (non-hydrogen) atoms. The lowest BCUT2D eigenvalue weighted by molar-refractivity contribution is 0.00578. The average Bonchev–Trinajstić information content (AvgIpc) is 3.35. The van der Waals surface area contributed by atoms with Crippen LogP contribution < -0.4 is 10.4 Å². The van der Waals surface area contributed by atoms with Crippen LogP contribution in [0.2, 0.25) is 0 Å². The standard InChI is InChI=1S/C20H29BFNO3/c1-13-12-23(8-9-24-13)15-10-16(14-6-7-14)18(22)17(11-15)21-25-19(2,3)20(4,5)26-21/h10-11,13-14H,6-9,12H2,1-5H3/t13-/m1/s1. The molecule has 1 atom stereocenters. The van der Waals surface area contributed by atoms with E-state index in [1.165, 1.54) is 0 Å². The molecule has 1 saturated carbocycles. The molecule has 0 N–H and O–H groups in total. The number of anilines is 1. The van der Waals surface area contributed by atoms with Crippen molar-refractivity contribution in [3.8, 4) is 0 Å². The summed E-state index contributed by atoms with van der Waals surface area (Å²) >= 11 is 0. The van der Waals surface area contributed by atoms with Crippen molar-refractivity contribution in [3.05, 3.63) is 23.5 Å². The lowest BCUT2D eigenvalue weighted by Crippen LogP contribution is -2.43. The van der Waals surface area contributed by atoms with Crippen molar-refractivity contribution >= 4 is 18.3 Å². The van der Waals surface area contributed by atoms with Gasteiger partial charge in [0, 0.05) is 24.2 Å². The minimum absolute atomic E-state index is 0.156. The summed E-state index contributed by atoms with van der Waals surface area (Å²) < 4.78 is 33.3. The van der Waals surface area contributed by atoms with Gasteiger partial charge in [0.15, 0.2) is 0 Å². The van der Waals surface area contributed by atoms with E-state index in [1.807, 2.05) is 39.8 Å². The van der Waals surface area contributed by atoms with Crippen LogP contribution in [0.5, 0.6) is 0 Å². The van der Waals surface area contributed by atoms with Gasteiger partial charge in [0.1, 0.15) is 5.82 Å². The second-order valence-corrected chi connectivity index (χ2v) is 8.93. The van der Waals surface area contributed by atoms with Gasteiger partial charge in [-0.2, -0.15) is 0 Å². The molecule has 4 rings (SSSR count). The Kier molecular flexibility index (Phi) is 4.37. The molecular weight excluding hydrogens is 332 g/mol. The number of morpholine rings is 1. The molecule has 0 spiro atoms. The molecule has 1 aliphatic carbocycles. The van der Waals surface area contributed by atoms with Crippen molar-refractivity contribution in [2.75, 3.05) is 24.6 Å². The van der Waals surface area contributed by atoms with Crippen molar-refractivity contribution in [3.63, 3.8) is 0 Å². The molecule has 1 aromatic carbocycles. The molecule has 2 aliphatic heterocycles. The maximum Gasteiger partial charge on any atom is 0.497 e. The predicted octanol–water partition coefficient (Wildman–Crippen LogP) is 3.23. The van der Waals surface area contributed by atoms with Gasteiger partial charge < -0.3 is 18.9 Å². The normalized spacial score (nSPS) is 27.8. The van der Waals surface area contributed by atoms with Gasteiger partial charge in [0.05, 0.1) is 23.9 Å². The first-order valence-electron chi connectivity index (χ1n) is 9.73. The monoisotopic (exact) mass is 361 g/mol. The zero-order valence-corrected chi connectivity index (χ0v) is 16.5. The molecule has 0 amide bonds. The van der Waals surface area contributed by atoms with Crippen LogP contribution in [0.1, 0.15) is 58.9 Å². The largest absolute Gasteiger partial charge is 0.497 e. The van der Waals surface area contributed by atoms with Gasteiger partial charge in [-0.05, 0) is 71.1 Å². The number of hydrogen-bond acceptors (Lipinski definition) is 4. The van der Waals surface area contributed by atoms with Crippen LogP contribution in [0.15, 0.2) is 12.1 Å². The van der Waals surface area contributed by atoms with E-state index >= 15 is 4.39 Å². The Labute approximate surface area is 156 Å². The topological polar surface area (TPSA) is 30.9 Å². The number of halogens is 1. The van der Waals surface area contributed by atoms with Gasteiger partial charge in [0.2, 0.25) is 0 Å². The second kappa shape index (κ2) is 6.21. The molecule has 2 heterocycles. The van der Waals surface area contributed by atoms with Crippen LogP contribution in [0.4, 0.5) is 10.1 Å². The van der Waals surface area contributed by atoms with Crippen molar-refractivity contribution in [2.45, 2.75) is 70.7 Å². The van der Waals surface area contributed by atoms with Gasteiger partial charge in [-0.25, -0.2) is 4.39 Å². The van der Waals surface area contributed by atoms with Crippen LogP contribution >= 0.6 is 0 Å². The Hall–Kier alpha value is -1.11. The molecular formula is C20H29BFNO3. The molecule has 2 saturated heterocycles. The third kappa shape index (κ3) is 3.16. The summed E-state index contributed by atoms with van der Waals surface area (Å²) in [6.07, 6.45) is 2.30. The summed E-state index contributed by atoms with van der Waals surface area (Å²) in [5.41, 5.74) is 1.43. The van der Waals surface area contributed by atoms with E-state index in [1.54, 1.807) is 0 Å². The minimum atomic E-state index is -0.670. The quantitative estimate of drug-likeness (QED) is 0.774. The second-order valence-electron chi connectivity index (χ2n) is 8.93. The maximum atomic E-state index is 15.3. The molecule has 0 unspecified atom stereocenters. The van der Waals surface area contributed by atoms with E-state index < -0.39 is 18.3 Å². The van der Waals surface area contributed by atoms with Crippen molar-refractivity contribution in [2.24, 2.45) is 0 Å². The zero-order chi connectivity index (χ0) is 18.7. The van der Waals surface area contributed by atoms with Gasteiger partial charge in [0.25, 0.3) is 0 Å². The SMILES string of the molecule is C[C@@H]1CN(c2cc(B3OC(C)(C)C(C)(C)O3)c(F)c(C3CC3)c2)CCO1. The van der Waals surface area contributed by atoms with E-state index in [2.05, 4.69) is 11.8 Å². The fourth-order valence-electron chi connectivity index (χ4n) is 3.72. The molecule has 142 valence electrons. The fourth-order valence-corrected chi connectivity index (χ4v) is 3.72. The number of nitrogens with zero attached hydrogens (tertiary/aromatic N) is 1. The Morgan fingerprint density at radius 3 is 2.35 bits per heavy atom. The van der Waals surface area contributed by atoms with Crippen molar-refractivity contribution in [1.82, 2.24) is 0 Å². The molecule has 1 aromatic rings. The summed E-state index contributed by atoms with van der Waals surface area (Å²) in [6, 6.07) is 3.95. The van der Waals surface area contributed by atoms with E-state index in [9.17, 15) is 0 Å². The van der Waals surface area contributed by atoms with Gasteiger partial charge >= 0.3 is 7.12 Å². The Balaban J connectivity index is 1.72. The Morgan fingerprint density at radius 1 is 1.12 bits per heavy atom. The predicted molar refractivity (Wildman–Crippen MR) is 102 cm³/mol. The lowest BCUT2D eigenvalue weighted by Gasteiger charge is -2.33. The zero-order valence-electron chi connectivity index (χ0n) is 16.5. The first-order valence-corrected chi connectivity index (χ1v) is 9.73. The summed E-state index contributed by atoms with van der Waals surface area (Å²) in [5.74, 6) is 0.172. The average molecular weight is 361 g/mol. The molecule has 0 bridgehead atoms. The van der Waals surface area contributed by atoms with Crippen molar-refractivity contribution in [1.29, 1.82) is 0 Å². The summed E-state index contributed by atoms with van der Waals surface area (Å²) in [4.78, 5) is 2.29. The first kappa shape index (κ1) is 18.3. The van der Waals surface area contributed by atoms with E-state index in [4.69, 9.17) is 14.0 Å². The summed E-state index contributed by atoms with van der Waals surface area (Å²) in [5, 5.41) is 0. The third-order valence-electron chi connectivity index (χ3n) is 6.24. The fraction of sp³-hybridized carbons (Fsp3) is 0.700. The minimum Gasteiger partial charge on any atom is -0.399 e. The number of ether oxygens (including phenoxy) is 1. The highest BCUT2D eigenvalue weighted by atomic mass is 19.1. The molecule has 0 aromatic heterocycles. The molecule has 4 nitrogen and oxygen atoms in total. The summed E-state index contributed by atoms with van der Waals surface area (Å²) in [7, 11) is -0.670.